The summed E-state index contributed by atoms with van der Waals surface area (Å²) in [5.41, 5.74) is 0.474. The van der Waals surface area contributed by atoms with Crippen LogP contribution in [-0.4, -0.2) is 30.0 Å². The lowest BCUT2D eigenvalue weighted by molar-refractivity contribution is 0.0991. The maximum absolute atomic E-state index is 12.2. The summed E-state index contributed by atoms with van der Waals surface area (Å²) in [6.45, 7) is 0. The van der Waals surface area contributed by atoms with Crippen LogP contribution in [-0.2, 0) is 0 Å². The highest BCUT2D eigenvalue weighted by Crippen LogP contribution is 2.16. The van der Waals surface area contributed by atoms with Crippen molar-refractivity contribution in [1.82, 2.24) is 9.97 Å². The summed E-state index contributed by atoms with van der Waals surface area (Å²) in [7, 11) is 3.10. The third-order valence-corrected chi connectivity index (χ3v) is 2.74. The molecule has 0 spiro atoms. The Balaban J connectivity index is 2.28. The predicted octanol–water partition coefficient (Wildman–Crippen LogP) is 2.42. The molecular formula is C13H12ClN3O2. The number of rotatable bonds is 3. The molecule has 2 aromatic rings. The first-order chi connectivity index (χ1) is 9.11. The van der Waals surface area contributed by atoms with Gasteiger partial charge < -0.3 is 4.74 Å². The van der Waals surface area contributed by atoms with Crippen LogP contribution in [0.25, 0.3) is 0 Å². The molecule has 0 aliphatic carbocycles. The van der Waals surface area contributed by atoms with Crippen molar-refractivity contribution in [2.24, 2.45) is 0 Å². The Hall–Kier alpha value is -2.14. The highest BCUT2D eigenvalue weighted by molar-refractivity contribution is 6.31. The standard InChI is InChI=1S/C13H12ClN3O2/c1-17(13-15-7-6-11(16-13)19-2)12(18)9-4-3-5-10(14)8-9/h3-8H,1-2H3. The Labute approximate surface area is 115 Å². The van der Waals surface area contributed by atoms with E-state index in [0.717, 1.165) is 0 Å². The second-order valence-corrected chi connectivity index (χ2v) is 4.21. The van der Waals surface area contributed by atoms with Crippen molar-refractivity contribution in [1.29, 1.82) is 0 Å². The van der Waals surface area contributed by atoms with Crippen molar-refractivity contribution < 1.29 is 9.53 Å². The van der Waals surface area contributed by atoms with Crippen molar-refractivity contribution in [2.45, 2.75) is 0 Å². The highest BCUT2D eigenvalue weighted by atomic mass is 35.5. The van der Waals surface area contributed by atoms with E-state index >= 15 is 0 Å². The molecule has 0 fully saturated rings. The van der Waals surface area contributed by atoms with Crippen molar-refractivity contribution in [3.05, 3.63) is 47.1 Å². The minimum absolute atomic E-state index is 0.240. The topological polar surface area (TPSA) is 55.3 Å². The van der Waals surface area contributed by atoms with Gasteiger partial charge in [-0.25, -0.2) is 4.98 Å². The number of carbonyl (C=O) groups excluding carboxylic acids is 1. The summed E-state index contributed by atoms with van der Waals surface area (Å²) in [4.78, 5) is 21.7. The van der Waals surface area contributed by atoms with Gasteiger partial charge in [-0.05, 0) is 18.2 Å². The summed E-state index contributed by atoms with van der Waals surface area (Å²) < 4.78 is 5.00. The highest BCUT2D eigenvalue weighted by Gasteiger charge is 2.16. The summed E-state index contributed by atoms with van der Waals surface area (Å²) in [6, 6.07) is 8.32. The number of aromatic nitrogens is 2. The molecular weight excluding hydrogens is 266 g/mol. The Morgan fingerprint density at radius 2 is 2.16 bits per heavy atom. The third kappa shape index (κ3) is 3.00. The fourth-order valence-electron chi connectivity index (χ4n) is 1.51. The van der Waals surface area contributed by atoms with Crippen molar-refractivity contribution in [3.8, 4) is 5.88 Å². The van der Waals surface area contributed by atoms with E-state index in [2.05, 4.69) is 9.97 Å². The summed E-state index contributed by atoms with van der Waals surface area (Å²) in [6.07, 6.45) is 1.53. The first-order valence-corrected chi connectivity index (χ1v) is 5.90. The summed E-state index contributed by atoms with van der Waals surface area (Å²) in [5.74, 6) is 0.427. The first kappa shape index (κ1) is 13.3. The van der Waals surface area contributed by atoms with Crippen LogP contribution < -0.4 is 9.64 Å². The van der Waals surface area contributed by atoms with E-state index in [9.17, 15) is 4.79 Å². The van der Waals surface area contributed by atoms with Gasteiger partial charge in [-0.15, -0.1) is 0 Å². The number of anilines is 1. The average molecular weight is 278 g/mol. The number of amides is 1. The largest absolute Gasteiger partial charge is 0.481 e. The van der Waals surface area contributed by atoms with Crippen LogP contribution in [0.5, 0.6) is 5.88 Å². The minimum atomic E-state index is -0.240. The van der Waals surface area contributed by atoms with Crippen LogP contribution in [0.1, 0.15) is 10.4 Å². The second kappa shape index (κ2) is 5.67. The molecule has 0 saturated heterocycles. The van der Waals surface area contributed by atoms with Crippen LogP contribution in [0, 0.1) is 0 Å². The monoisotopic (exact) mass is 277 g/mol. The predicted molar refractivity (Wildman–Crippen MR) is 72.8 cm³/mol. The van der Waals surface area contributed by atoms with E-state index < -0.39 is 0 Å². The fourth-order valence-corrected chi connectivity index (χ4v) is 1.70. The van der Waals surface area contributed by atoms with E-state index in [-0.39, 0.29) is 11.9 Å². The molecule has 0 unspecified atom stereocenters. The number of nitrogens with zero attached hydrogens (tertiary/aromatic N) is 3. The molecule has 2 rings (SSSR count). The quantitative estimate of drug-likeness (QED) is 0.864. The van der Waals surface area contributed by atoms with E-state index in [1.807, 2.05) is 0 Å². The zero-order valence-corrected chi connectivity index (χ0v) is 11.3. The van der Waals surface area contributed by atoms with Crippen LogP contribution in [0.4, 0.5) is 5.95 Å². The average Bonchev–Trinajstić information content (AvgIpc) is 2.45. The molecule has 6 heteroatoms. The molecule has 98 valence electrons. The zero-order valence-electron chi connectivity index (χ0n) is 10.5. The van der Waals surface area contributed by atoms with Gasteiger partial charge in [0.2, 0.25) is 11.8 Å². The number of benzene rings is 1. The van der Waals surface area contributed by atoms with Gasteiger partial charge in [-0.3, -0.25) is 9.69 Å². The molecule has 0 radical (unpaired) electrons. The fraction of sp³-hybridized carbons (Fsp3) is 0.154. The number of methoxy groups -OCH3 is 1. The molecule has 1 aromatic heterocycles. The van der Waals surface area contributed by atoms with Crippen LogP contribution in [0.3, 0.4) is 0 Å². The molecule has 0 saturated carbocycles. The van der Waals surface area contributed by atoms with Gasteiger partial charge in [-0.2, -0.15) is 4.98 Å². The summed E-state index contributed by atoms with van der Waals surface area (Å²) in [5, 5.41) is 0.505. The van der Waals surface area contributed by atoms with E-state index in [4.69, 9.17) is 16.3 Å². The van der Waals surface area contributed by atoms with Crippen LogP contribution >= 0.6 is 11.6 Å². The number of halogens is 1. The smallest absolute Gasteiger partial charge is 0.260 e. The van der Waals surface area contributed by atoms with Gasteiger partial charge in [0.25, 0.3) is 5.91 Å². The molecule has 1 heterocycles. The van der Waals surface area contributed by atoms with Crippen LogP contribution in [0.15, 0.2) is 36.5 Å². The lowest BCUT2D eigenvalue weighted by Gasteiger charge is -2.15. The van der Waals surface area contributed by atoms with Gasteiger partial charge >= 0.3 is 0 Å². The molecule has 1 amide bonds. The Morgan fingerprint density at radius 3 is 2.84 bits per heavy atom. The Kier molecular flexibility index (Phi) is 3.97. The number of ether oxygens (including phenoxy) is 1. The van der Waals surface area contributed by atoms with Gasteiger partial charge in [0, 0.05) is 29.9 Å². The van der Waals surface area contributed by atoms with Crippen molar-refractivity contribution in [2.75, 3.05) is 19.1 Å². The van der Waals surface area contributed by atoms with E-state index in [1.54, 1.807) is 37.4 Å². The molecule has 0 atom stereocenters. The second-order valence-electron chi connectivity index (χ2n) is 3.77. The SMILES string of the molecule is COc1ccnc(N(C)C(=O)c2cccc(Cl)c2)n1. The minimum Gasteiger partial charge on any atom is -0.481 e. The number of hydrogen-bond acceptors (Lipinski definition) is 4. The van der Waals surface area contributed by atoms with Crippen molar-refractivity contribution >= 4 is 23.5 Å². The van der Waals surface area contributed by atoms with E-state index in [1.165, 1.54) is 18.2 Å². The third-order valence-electron chi connectivity index (χ3n) is 2.50. The molecule has 0 N–H and O–H groups in total. The lowest BCUT2D eigenvalue weighted by Crippen LogP contribution is -2.28. The molecule has 5 nitrogen and oxygen atoms in total. The van der Waals surface area contributed by atoms with Gasteiger partial charge in [0.05, 0.1) is 7.11 Å². The lowest BCUT2D eigenvalue weighted by atomic mass is 10.2. The number of carbonyl (C=O) groups is 1. The zero-order chi connectivity index (χ0) is 13.8. The maximum atomic E-state index is 12.2. The van der Waals surface area contributed by atoms with E-state index in [0.29, 0.717) is 16.5 Å². The van der Waals surface area contributed by atoms with Gasteiger partial charge in [-0.1, -0.05) is 17.7 Å². The normalized spacial score (nSPS) is 10.1. The first-order valence-electron chi connectivity index (χ1n) is 5.52. The Morgan fingerprint density at radius 1 is 1.37 bits per heavy atom. The molecule has 0 bridgehead atoms. The molecule has 0 aliphatic heterocycles. The maximum Gasteiger partial charge on any atom is 0.260 e. The number of hydrogen-bond donors (Lipinski definition) is 0. The summed E-state index contributed by atoms with van der Waals surface area (Å²) >= 11 is 5.87. The van der Waals surface area contributed by atoms with Gasteiger partial charge in [0.15, 0.2) is 0 Å². The molecule has 19 heavy (non-hydrogen) atoms. The van der Waals surface area contributed by atoms with Gasteiger partial charge in [0.1, 0.15) is 0 Å². The Bertz CT molecular complexity index is 604. The van der Waals surface area contributed by atoms with Crippen molar-refractivity contribution in [3.63, 3.8) is 0 Å². The molecule has 0 aliphatic rings. The molecule has 1 aromatic carbocycles. The van der Waals surface area contributed by atoms with Crippen LogP contribution in [0.2, 0.25) is 5.02 Å².